The van der Waals surface area contributed by atoms with Gasteiger partial charge in [0.05, 0.1) is 13.2 Å². The maximum Gasteiger partial charge on any atom is 0.328 e. The lowest BCUT2D eigenvalue weighted by Gasteiger charge is -2.39. The molecule has 0 bridgehead atoms. The standard InChI is InChI=1S/C13H18N2O3/c1-18-11(16)10-4-3-9-5-7-13(6-2-8-14-13)12(17)15(9)10/h5,7,9-10,14H,2-4,6,8H2,1H3/t9-,10-,13+/m0/s1. The summed E-state index contributed by atoms with van der Waals surface area (Å²) in [6.45, 7) is 0.859. The molecule has 18 heavy (non-hydrogen) atoms. The topological polar surface area (TPSA) is 58.6 Å². The smallest absolute Gasteiger partial charge is 0.328 e. The summed E-state index contributed by atoms with van der Waals surface area (Å²) >= 11 is 0. The Morgan fingerprint density at radius 1 is 1.56 bits per heavy atom. The molecule has 3 rings (SSSR count). The van der Waals surface area contributed by atoms with Crippen molar-refractivity contribution in [2.45, 2.75) is 43.3 Å². The van der Waals surface area contributed by atoms with Crippen LogP contribution in [0.2, 0.25) is 0 Å². The molecular weight excluding hydrogens is 232 g/mol. The van der Waals surface area contributed by atoms with Gasteiger partial charge in [-0.25, -0.2) is 4.79 Å². The molecule has 0 unspecified atom stereocenters. The zero-order chi connectivity index (χ0) is 12.8. The monoisotopic (exact) mass is 250 g/mol. The van der Waals surface area contributed by atoms with Gasteiger partial charge in [-0.1, -0.05) is 12.2 Å². The van der Waals surface area contributed by atoms with Gasteiger partial charge in [0, 0.05) is 0 Å². The number of nitrogens with one attached hydrogen (secondary N) is 1. The van der Waals surface area contributed by atoms with Crippen molar-refractivity contribution in [1.29, 1.82) is 0 Å². The SMILES string of the molecule is COC(=O)[C@@H]1CC[C@H]2C=C[C@]3(CCCN3)C(=O)N21. The molecule has 3 atom stereocenters. The fourth-order valence-electron chi connectivity index (χ4n) is 3.36. The van der Waals surface area contributed by atoms with Crippen LogP contribution in [-0.4, -0.2) is 48.1 Å². The number of hydrogen-bond acceptors (Lipinski definition) is 4. The van der Waals surface area contributed by atoms with Gasteiger partial charge in [0.15, 0.2) is 0 Å². The summed E-state index contributed by atoms with van der Waals surface area (Å²) in [5.74, 6) is -0.255. The average Bonchev–Trinajstić information content (AvgIpc) is 3.01. The molecule has 2 fully saturated rings. The first-order chi connectivity index (χ1) is 8.68. The van der Waals surface area contributed by atoms with Crippen LogP contribution in [0.1, 0.15) is 25.7 Å². The normalized spacial score (nSPS) is 38.3. The van der Waals surface area contributed by atoms with Crippen LogP contribution in [-0.2, 0) is 14.3 Å². The van der Waals surface area contributed by atoms with Gasteiger partial charge in [0.2, 0.25) is 5.91 Å². The zero-order valence-electron chi connectivity index (χ0n) is 10.5. The largest absolute Gasteiger partial charge is 0.467 e. The summed E-state index contributed by atoms with van der Waals surface area (Å²) in [6, 6.07) is -0.341. The van der Waals surface area contributed by atoms with Crippen molar-refractivity contribution in [2.24, 2.45) is 0 Å². The minimum Gasteiger partial charge on any atom is -0.467 e. The molecule has 98 valence electrons. The molecule has 0 saturated carbocycles. The fraction of sp³-hybridized carbons (Fsp3) is 0.692. The molecule has 2 saturated heterocycles. The first kappa shape index (κ1) is 11.7. The van der Waals surface area contributed by atoms with E-state index < -0.39 is 11.6 Å². The van der Waals surface area contributed by atoms with E-state index in [1.165, 1.54) is 7.11 Å². The number of carbonyl (C=O) groups excluding carboxylic acids is 2. The summed E-state index contributed by atoms with van der Waals surface area (Å²) in [4.78, 5) is 26.1. The first-order valence-electron chi connectivity index (χ1n) is 6.53. The number of nitrogens with zero attached hydrogens (tertiary/aromatic N) is 1. The Hall–Kier alpha value is -1.36. The Morgan fingerprint density at radius 3 is 3.06 bits per heavy atom. The van der Waals surface area contributed by atoms with E-state index >= 15 is 0 Å². The number of rotatable bonds is 1. The van der Waals surface area contributed by atoms with E-state index in [1.807, 2.05) is 6.08 Å². The van der Waals surface area contributed by atoms with Gasteiger partial charge < -0.3 is 15.0 Å². The molecule has 1 spiro atoms. The number of fused-ring (bicyclic) bond motifs is 1. The lowest BCUT2D eigenvalue weighted by atomic mass is 9.90. The van der Waals surface area contributed by atoms with Gasteiger partial charge in [-0.3, -0.25) is 4.79 Å². The minimum absolute atomic E-state index is 0.0420. The predicted octanol–water partition coefficient (Wildman–Crippen LogP) is 0.211. The molecule has 3 aliphatic heterocycles. The molecular formula is C13H18N2O3. The highest BCUT2D eigenvalue weighted by molar-refractivity contribution is 5.94. The van der Waals surface area contributed by atoms with E-state index in [4.69, 9.17) is 4.74 Å². The molecule has 5 heteroatoms. The maximum atomic E-state index is 12.7. The highest BCUT2D eigenvalue weighted by Gasteiger charge is 2.51. The van der Waals surface area contributed by atoms with Crippen molar-refractivity contribution in [3.05, 3.63) is 12.2 Å². The van der Waals surface area contributed by atoms with E-state index in [9.17, 15) is 9.59 Å². The predicted molar refractivity (Wildman–Crippen MR) is 64.8 cm³/mol. The molecule has 1 N–H and O–H groups in total. The van der Waals surface area contributed by atoms with Crippen molar-refractivity contribution in [1.82, 2.24) is 10.2 Å². The van der Waals surface area contributed by atoms with E-state index in [-0.39, 0.29) is 17.9 Å². The van der Waals surface area contributed by atoms with Gasteiger partial charge in [0.25, 0.3) is 0 Å². The Balaban J connectivity index is 1.91. The van der Waals surface area contributed by atoms with Crippen molar-refractivity contribution in [2.75, 3.05) is 13.7 Å². The Morgan fingerprint density at radius 2 is 2.39 bits per heavy atom. The summed E-state index contributed by atoms with van der Waals surface area (Å²) in [7, 11) is 1.38. The van der Waals surface area contributed by atoms with E-state index in [0.29, 0.717) is 6.42 Å². The molecule has 0 radical (unpaired) electrons. The lowest BCUT2D eigenvalue weighted by molar-refractivity contribution is -0.153. The van der Waals surface area contributed by atoms with Crippen molar-refractivity contribution < 1.29 is 14.3 Å². The molecule has 0 aromatic rings. The van der Waals surface area contributed by atoms with Crippen molar-refractivity contribution >= 4 is 11.9 Å². The molecule has 3 aliphatic rings. The van der Waals surface area contributed by atoms with Crippen molar-refractivity contribution in [3.63, 3.8) is 0 Å². The minimum atomic E-state index is -0.562. The second-order valence-electron chi connectivity index (χ2n) is 5.26. The third-order valence-corrected chi connectivity index (χ3v) is 4.31. The molecule has 0 aliphatic carbocycles. The van der Waals surface area contributed by atoms with Gasteiger partial charge in [-0.05, 0) is 32.2 Å². The maximum absolute atomic E-state index is 12.7. The first-order valence-corrected chi connectivity index (χ1v) is 6.53. The Bertz CT molecular complexity index is 412. The van der Waals surface area contributed by atoms with Gasteiger partial charge in [0.1, 0.15) is 11.6 Å². The number of methoxy groups -OCH3 is 1. The Kier molecular flexibility index (Phi) is 2.66. The number of amides is 1. The van der Waals surface area contributed by atoms with Crippen LogP contribution in [0, 0.1) is 0 Å². The highest BCUT2D eigenvalue weighted by atomic mass is 16.5. The number of hydrogen-bond donors (Lipinski definition) is 1. The third-order valence-electron chi connectivity index (χ3n) is 4.31. The van der Waals surface area contributed by atoms with Gasteiger partial charge in [-0.2, -0.15) is 0 Å². The third kappa shape index (κ3) is 1.50. The molecule has 0 aromatic heterocycles. The van der Waals surface area contributed by atoms with Crippen LogP contribution in [0.3, 0.4) is 0 Å². The van der Waals surface area contributed by atoms with E-state index in [2.05, 4.69) is 11.4 Å². The summed E-state index contributed by atoms with van der Waals surface area (Å²) in [5.41, 5.74) is -0.562. The number of esters is 1. The highest BCUT2D eigenvalue weighted by Crippen LogP contribution is 2.36. The molecule has 3 heterocycles. The van der Waals surface area contributed by atoms with Crippen LogP contribution in [0.4, 0.5) is 0 Å². The van der Waals surface area contributed by atoms with Crippen LogP contribution >= 0.6 is 0 Å². The summed E-state index contributed by atoms with van der Waals surface area (Å²) in [6.07, 6.45) is 7.43. The number of ether oxygens (including phenoxy) is 1. The Labute approximate surface area is 106 Å². The zero-order valence-corrected chi connectivity index (χ0v) is 10.5. The van der Waals surface area contributed by atoms with Crippen LogP contribution in [0.15, 0.2) is 12.2 Å². The van der Waals surface area contributed by atoms with Crippen LogP contribution in [0.25, 0.3) is 0 Å². The number of carbonyl (C=O) groups is 2. The molecule has 0 aromatic carbocycles. The van der Waals surface area contributed by atoms with Gasteiger partial charge in [-0.15, -0.1) is 0 Å². The fourth-order valence-corrected chi connectivity index (χ4v) is 3.36. The van der Waals surface area contributed by atoms with Crippen LogP contribution < -0.4 is 5.32 Å². The average molecular weight is 250 g/mol. The summed E-state index contributed by atoms with van der Waals surface area (Å²) < 4.78 is 4.81. The lowest BCUT2D eigenvalue weighted by Crippen LogP contribution is -2.60. The van der Waals surface area contributed by atoms with Crippen molar-refractivity contribution in [3.8, 4) is 0 Å². The van der Waals surface area contributed by atoms with Crippen LogP contribution in [0.5, 0.6) is 0 Å². The van der Waals surface area contributed by atoms with E-state index in [0.717, 1.165) is 25.8 Å². The van der Waals surface area contributed by atoms with E-state index in [1.54, 1.807) is 4.90 Å². The second kappa shape index (κ2) is 4.09. The quantitative estimate of drug-likeness (QED) is 0.534. The molecule has 1 amide bonds. The van der Waals surface area contributed by atoms with Gasteiger partial charge >= 0.3 is 5.97 Å². The summed E-state index contributed by atoms with van der Waals surface area (Å²) in [5, 5.41) is 3.28. The molecule has 5 nitrogen and oxygen atoms in total. The second-order valence-corrected chi connectivity index (χ2v) is 5.26.